The molecule has 2 nitrogen and oxygen atoms in total. The maximum absolute atomic E-state index is 5.08. The van der Waals surface area contributed by atoms with Crippen molar-refractivity contribution in [1.82, 2.24) is 4.90 Å². The second kappa shape index (κ2) is 3.11. The van der Waals surface area contributed by atoms with Gasteiger partial charge in [0.1, 0.15) is 0 Å². The number of methoxy groups -OCH3 is 1. The molecule has 0 saturated carbocycles. The van der Waals surface area contributed by atoms with Crippen molar-refractivity contribution in [3.05, 3.63) is 0 Å². The van der Waals surface area contributed by atoms with Crippen molar-refractivity contribution in [3.63, 3.8) is 0 Å². The average Bonchev–Trinajstić information content (AvgIpc) is 1.74. The van der Waals surface area contributed by atoms with Crippen LogP contribution in [0.25, 0.3) is 0 Å². The van der Waals surface area contributed by atoms with E-state index in [-0.39, 0.29) is 0 Å². The van der Waals surface area contributed by atoms with E-state index in [9.17, 15) is 0 Å². The molecule has 0 radical (unpaired) electrons. The Morgan fingerprint density at radius 3 is 2.27 bits per heavy atom. The van der Waals surface area contributed by atoms with Gasteiger partial charge in [-0.25, -0.2) is 0 Å². The van der Waals surface area contributed by atoms with Gasteiger partial charge in [0, 0.05) is 31.7 Å². The summed E-state index contributed by atoms with van der Waals surface area (Å²) in [6.07, 6.45) is 0. The fraction of sp³-hybridized carbons (Fsp3) is 1.00. The molecule has 0 spiro atoms. The minimum Gasteiger partial charge on any atom is -0.384 e. The van der Waals surface area contributed by atoms with E-state index in [1.807, 2.05) is 0 Å². The largest absolute Gasteiger partial charge is 0.384 e. The lowest BCUT2D eigenvalue weighted by Gasteiger charge is -2.47. The second-order valence-electron chi connectivity index (χ2n) is 4.40. The first-order valence-electron chi connectivity index (χ1n) is 4.28. The van der Waals surface area contributed by atoms with Crippen molar-refractivity contribution in [3.8, 4) is 0 Å². The monoisotopic (exact) mass is 157 g/mol. The average molecular weight is 157 g/mol. The number of rotatable bonds is 2. The van der Waals surface area contributed by atoms with Crippen LogP contribution >= 0.6 is 0 Å². The number of hydrogen-bond donors (Lipinski definition) is 0. The van der Waals surface area contributed by atoms with Crippen molar-refractivity contribution in [2.24, 2.45) is 5.92 Å². The van der Waals surface area contributed by atoms with Gasteiger partial charge in [-0.15, -0.1) is 0 Å². The minimum absolute atomic E-state index is 0.351. The fourth-order valence-electron chi connectivity index (χ4n) is 1.46. The topological polar surface area (TPSA) is 12.5 Å². The zero-order valence-electron chi connectivity index (χ0n) is 8.05. The van der Waals surface area contributed by atoms with E-state index in [2.05, 4.69) is 25.7 Å². The van der Waals surface area contributed by atoms with Gasteiger partial charge in [-0.1, -0.05) is 0 Å². The summed E-state index contributed by atoms with van der Waals surface area (Å²) in [6.45, 7) is 10.1. The van der Waals surface area contributed by atoms with Gasteiger partial charge in [-0.2, -0.15) is 0 Å². The molecule has 1 aliphatic heterocycles. The number of hydrogen-bond acceptors (Lipinski definition) is 2. The molecule has 1 rings (SSSR count). The Bertz CT molecular complexity index is 122. The lowest BCUT2D eigenvalue weighted by atomic mass is 9.93. The van der Waals surface area contributed by atoms with Gasteiger partial charge in [0.05, 0.1) is 6.61 Å². The normalized spacial score (nSPS) is 21.8. The molecule has 0 amide bonds. The van der Waals surface area contributed by atoms with E-state index >= 15 is 0 Å². The zero-order valence-corrected chi connectivity index (χ0v) is 8.05. The van der Waals surface area contributed by atoms with Crippen LogP contribution in [0.4, 0.5) is 0 Å². The first-order chi connectivity index (χ1) is 5.04. The first-order valence-corrected chi connectivity index (χ1v) is 4.28. The van der Waals surface area contributed by atoms with E-state index in [0.29, 0.717) is 5.54 Å². The van der Waals surface area contributed by atoms with Crippen molar-refractivity contribution < 1.29 is 4.74 Å². The smallest absolute Gasteiger partial charge is 0.0515 e. The third-order valence-electron chi connectivity index (χ3n) is 2.31. The number of likely N-dealkylation sites (tertiary alicyclic amines) is 1. The van der Waals surface area contributed by atoms with E-state index in [0.717, 1.165) is 12.5 Å². The molecular formula is C9H19NO. The molecule has 0 bridgehead atoms. The third-order valence-corrected chi connectivity index (χ3v) is 2.31. The molecule has 1 aliphatic rings. The highest BCUT2D eigenvalue weighted by Gasteiger charge is 2.33. The highest BCUT2D eigenvalue weighted by atomic mass is 16.5. The SMILES string of the molecule is COCC1CN(C(C)(C)C)C1. The molecule has 1 fully saturated rings. The Labute approximate surface area is 69.5 Å². The highest BCUT2D eigenvalue weighted by Crippen LogP contribution is 2.24. The molecule has 0 aromatic carbocycles. The van der Waals surface area contributed by atoms with Crippen LogP contribution in [-0.2, 0) is 4.74 Å². The lowest BCUT2D eigenvalue weighted by Crippen LogP contribution is -2.56. The Balaban J connectivity index is 2.19. The summed E-state index contributed by atoms with van der Waals surface area (Å²) in [6, 6.07) is 0. The molecular weight excluding hydrogens is 138 g/mol. The maximum Gasteiger partial charge on any atom is 0.0515 e. The van der Waals surface area contributed by atoms with Crippen LogP contribution in [-0.4, -0.2) is 37.2 Å². The van der Waals surface area contributed by atoms with Crippen molar-refractivity contribution in [1.29, 1.82) is 0 Å². The molecule has 0 aromatic rings. The summed E-state index contributed by atoms with van der Waals surface area (Å²) < 4.78 is 5.08. The van der Waals surface area contributed by atoms with E-state index in [1.54, 1.807) is 7.11 Å². The molecule has 1 heterocycles. The van der Waals surface area contributed by atoms with Crippen molar-refractivity contribution >= 4 is 0 Å². The molecule has 11 heavy (non-hydrogen) atoms. The van der Waals surface area contributed by atoms with Crippen molar-refractivity contribution in [2.75, 3.05) is 26.8 Å². The van der Waals surface area contributed by atoms with Gasteiger partial charge in [0.2, 0.25) is 0 Å². The van der Waals surface area contributed by atoms with Crippen LogP contribution in [0.1, 0.15) is 20.8 Å². The van der Waals surface area contributed by atoms with E-state index < -0.39 is 0 Å². The summed E-state index contributed by atoms with van der Waals surface area (Å²) in [7, 11) is 1.78. The van der Waals surface area contributed by atoms with E-state index in [4.69, 9.17) is 4.74 Å². The Kier molecular flexibility index (Phi) is 2.55. The Morgan fingerprint density at radius 1 is 1.36 bits per heavy atom. The first kappa shape index (κ1) is 9.01. The molecule has 0 atom stereocenters. The fourth-order valence-corrected chi connectivity index (χ4v) is 1.46. The lowest BCUT2D eigenvalue weighted by molar-refractivity contribution is -0.0205. The summed E-state index contributed by atoms with van der Waals surface area (Å²) >= 11 is 0. The summed E-state index contributed by atoms with van der Waals surface area (Å²) in [5, 5.41) is 0. The van der Waals surface area contributed by atoms with Crippen LogP contribution in [0, 0.1) is 5.92 Å². The molecule has 66 valence electrons. The molecule has 1 saturated heterocycles. The minimum atomic E-state index is 0.351. The predicted molar refractivity (Wildman–Crippen MR) is 46.7 cm³/mol. The molecule has 0 N–H and O–H groups in total. The van der Waals surface area contributed by atoms with Gasteiger partial charge in [-0.3, -0.25) is 4.90 Å². The molecule has 0 unspecified atom stereocenters. The van der Waals surface area contributed by atoms with Crippen LogP contribution in [0.5, 0.6) is 0 Å². The van der Waals surface area contributed by atoms with Crippen LogP contribution in [0.2, 0.25) is 0 Å². The highest BCUT2D eigenvalue weighted by molar-refractivity contribution is 4.88. The molecule has 0 aliphatic carbocycles. The van der Waals surface area contributed by atoms with Crippen molar-refractivity contribution in [2.45, 2.75) is 26.3 Å². The van der Waals surface area contributed by atoms with Gasteiger partial charge < -0.3 is 4.74 Å². The third kappa shape index (κ3) is 2.17. The van der Waals surface area contributed by atoms with Gasteiger partial charge in [0.15, 0.2) is 0 Å². The van der Waals surface area contributed by atoms with Crippen LogP contribution in [0.15, 0.2) is 0 Å². The van der Waals surface area contributed by atoms with Crippen LogP contribution in [0.3, 0.4) is 0 Å². The standard InChI is InChI=1S/C9H19NO/c1-9(2,3)10-5-8(6-10)7-11-4/h8H,5-7H2,1-4H3. The zero-order chi connectivity index (χ0) is 8.48. The number of nitrogens with zero attached hydrogens (tertiary/aromatic N) is 1. The van der Waals surface area contributed by atoms with Gasteiger partial charge >= 0.3 is 0 Å². The van der Waals surface area contributed by atoms with Crippen LogP contribution < -0.4 is 0 Å². The summed E-state index contributed by atoms with van der Waals surface area (Å²) in [5.74, 6) is 0.777. The van der Waals surface area contributed by atoms with Gasteiger partial charge in [0.25, 0.3) is 0 Å². The maximum atomic E-state index is 5.08. The number of ether oxygens (including phenoxy) is 1. The predicted octanol–water partition coefficient (Wildman–Crippen LogP) is 1.36. The second-order valence-corrected chi connectivity index (χ2v) is 4.40. The molecule has 0 aromatic heterocycles. The van der Waals surface area contributed by atoms with Gasteiger partial charge in [-0.05, 0) is 20.8 Å². The van der Waals surface area contributed by atoms with E-state index in [1.165, 1.54) is 13.1 Å². The summed E-state index contributed by atoms with van der Waals surface area (Å²) in [4.78, 5) is 2.48. The Hall–Kier alpha value is -0.0800. The Morgan fingerprint density at radius 2 is 1.91 bits per heavy atom. The quantitative estimate of drug-likeness (QED) is 0.600. The summed E-state index contributed by atoms with van der Waals surface area (Å²) in [5.41, 5.74) is 0.351. The molecule has 2 heteroatoms.